The Morgan fingerprint density at radius 2 is 1.84 bits per heavy atom. The zero-order chi connectivity index (χ0) is 22.0. The van der Waals surface area contributed by atoms with Gasteiger partial charge in [0.1, 0.15) is 17.9 Å². The summed E-state index contributed by atoms with van der Waals surface area (Å²) in [6.45, 7) is 8.64. The van der Waals surface area contributed by atoms with Gasteiger partial charge in [-0.05, 0) is 42.2 Å². The smallest absolute Gasteiger partial charge is 0.231 e. The van der Waals surface area contributed by atoms with Gasteiger partial charge in [-0.15, -0.1) is 0 Å². The van der Waals surface area contributed by atoms with Crippen LogP contribution in [0.5, 0.6) is 5.75 Å². The topological polar surface area (TPSA) is 84.0 Å². The normalized spacial score (nSPS) is 25.0. The summed E-state index contributed by atoms with van der Waals surface area (Å²) >= 11 is 0. The number of nitrogens with zero attached hydrogens (tertiary/aromatic N) is 2. The van der Waals surface area contributed by atoms with Gasteiger partial charge in [0, 0.05) is 19.1 Å². The van der Waals surface area contributed by atoms with Gasteiger partial charge in [-0.25, -0.2) is 9.24 Å². The molecule has 1 amide bonds. The number of carbonyl (C=O) groups excluding carboxylic acids is 1. The number of nitrogens with one attached hydrogen (secondary N) is 2. The number of nitrogens with two attached hydrogens (primary N) is 1. The Bertz CT molecular complexity index is 982. The van der Waals surface area contributed by atoms with Crippen LogP contribution in [0.1, 0.15) is 35.9 Å². The van der Waals surface area contributed by atoms with E-state index in [1.165, 1.54) is 12.1 Å². The number of methoxy groups -OCH3 is 1. The highest BCUT2D eigenvalue weighted by Crippen LogP contribution is 2.36. The number of hydrogen-bond donors (Lipinski definition) is 3. The molecule has 7 nitrogen and oxygen atoms in total. The molecule has 0 bridgehead atoms. The number of carbonyl (C=O) groups is 1. The first-order valence-corrected chi connectivity index (χ1v) is 10.4. The van der Waals surface area contributed by atoms with Crippen molar-refractivity contribution in [2.24, 2.45) is 5.73 Å². The van der Waals surface area contributed by atoms with Crippen molar-refractivity contribution in [2.75, 3.05) is 20.2 Å². The molecule has 3 unspecified atom stereocenters. The minimum atomic E-state index is -0.589. The van der Waals surface area contributed by atoms with Gasteiger partial charge in [0.05, 0.1) is 25.6 Å². The lowest BCUT2D eigenvalue weighted by atomic mass is 9.84. The monoisotopic (exact) mass is 423 g/mol. The molecule has 2 heterocycles. The molecule has 2 aliphatic rings. The fraction of sp³-hybridized carbons (Fsp3) is 0.391. The quantitative estimate of drug-likeness (QED) is 0.659. The standard InChI is InChI=1S/C23H26FN5O2/c1-26-19-8-5-15(13-18(19)24)21-20(14-3-6-17(31-2)7-4-14)22(30)28-23(27-21)29-11-9-16(25)10-12-29/h3-8,13,16,20-21,23,27H,9-12,25H2,2H3,(H,28,30). The molecule has 8 heteroatoms. The number of piperidine rings is 1. The fourth-order valence-electron chi connectivity index (χ4n) is 4.31. The Morgan fingerprint density at radius 1 is 1.16 bits per heavy atom. The van der Waals surface area contributed by atoms with E-state index in [0.717, 1.165) is 31.5 Å². The van der Waals surface area contributed by atoms with Crippen LogP contribution >= 0.6 is 0 Å². The van der Waals surface area contributed by atoms with Crippen LogP contribution in [-0.2, 0) is 4.79 Å². The summed E-state index contributed by atoms with van der Waals surface area (Å²) in [5, 5.41) is 6.58. The lowest BCUT2D eigenvalue weighted by Crippen LogP contribution is -2.65. The molecule has 2 aromatic rings. The maximum absolute atomic E-state index is 14.4. The van der Waals surface area contributed by atoms with E-state index in [-0.39, 0.29) is 23.9 Å². The van der Waals surface area contributed by atoms with Crippen LogP contribution in [0.2, 0.25) is 0 Å². The molecule has 31 heavy (non-hydrogen) atoms. The Balaban J connectivity index is 1.68. The third kappa shape index (κ3) is 4.39. The van der Waals surface area contributed by atoms with Gasteiger partial charge < -0.3 is 15.8 Å². The van der Waals surface area contributed by atoms with Crippen molar-refractivity contribution < 1.29 is 13.9 Å². The molecule has 4 N–H and O–H groups in total. The van der Waals surface area contributed by atoms with Gasteiger partial charge in [-0.3, -0.25) is 15.0 Å². The molecule has 2 aliphatic heterocycles. The van der Waals surface area contributed by atoms with Gasteiger partial charge in [0.25, 0.3) is 0 Å². The second-order valence-electron chi connectivity index (χ2n) is 8.00. The number of ether oxygens (including phenoxy) is 1. The van der Waals surface area contributed by atoms with Crippen molar-refractivity contribution in [3.05, 3.63) is 70.8 Å². The first-order valence-electron chi connectivity index (χ1n) is 10.4. The summed E-state index contributed by atoms with van der Waals surface area (Å²) < 4.78 is 19.7. The van der Waals surface area contributed by atoms with Gasteiger partial charge >= 0.3 is 0 Å². The van der Waals surface area contributed by atoms with E-state index in [1.807, 2.05) is 12.1 Å². The molecule has 2 saturated heterocycles. The molecule has 3 atom stereocenters. The Morgan fingerprint density at radius 3 is 2.45 bits per heavy atom. The van der Waals surface area contributed by atoms with E-state index in [0.29, 0.717) is 11.3 Å². The first kappa shape index (κ1) is 21.2. The Labute approximate surface area is 181 Å². The number of halogens is 1. The molecule has 2 fully saturated rings. The molecule has 0 aliphatic carbocycles. The molecule has 4 rings (SSSR count). The molecule has 0 radical (unpaired) electrons. The van der Waals surface area contributed by atoms with E-state index in [4.69, 9.17) is 17.0 Å². The van der Waals surface area contributed by atoms with Crippen LogP contribution in [0.4, 0.5) is 10.1 Å². The van der Waals surface area contributed by atoms with Crippen LogP contribution in [-0.4, -0.2) is 43.3 Å². The maximum atomic E-state index is 14.4. The van der Waals surface area contributed by atoms with Crippen molar-refractivity contribution in [3.8, 4) is 5.75 Å². The fourth-order valence-corrected chi connectivity index (χ4v) is 4.31. The van der Waals surface area contributed by atoms with Crippen molar-refractivity contribution in [1.82, 2.24) is 15.5 Å². The molecule has 0 saturated carbocycles. The van der Waals surface area contributed by atoms with Crippen molar-refractivity contribution in [2.45, 2.75) is 37.1 Å². The molecule has 0 spiro atoms. The van der Waals surface area contributed by atoms with Crippen LogP contribution < -0.4 is 21.1 Å². The van der Waals surface area contributed by atoms with Gasteiger partial charge in [0.15, 0.2) is 0 Å². The van der Waals surface area contributed by atoms with E-state index < -0.39 is 17.8 Å². The third-order valence-electron chi connectivity index (χ3n) is 6.10. The highest BCUT2D eigenvalue weighted by Gasteiger charge is 2.40. The summed E-state index contributed by atoms with van der Waals surface area (Å²) in [5.74, 6) is -0.593. The second-order valence-corrected chi connectivity index (χ2v) is 8.00. The van der Waals surface area contributed by atoms with Crippen molar-refractivity contribution >= 4 is 11.6 Å². The Hall–Kier alpha value is -2.99. The molecule has 162 valence electrons. The van der Waals surface area contributed by atoms with Crippen LogP contribution in [0.15, 0.2) is 42.5 Å². The number of rotatable bonds is 4. The summed E-state index contributed by atoms with van der Waals surface area (Å²) in [6.07, 6.45) is 1.34. The lowest BCUT2D eigenvalue weighted by Gasteiger charge is -2.44. The highest BCUT2D eigenvalue weighted by molar-refractivity contribution is 5.86. The first-order chi connectivity index (χ1) is 15.0. The van der Waals surface area contributed by atoms with Gasteiger partial charge in [-0.1, -0.05) is 24.3 Å². The van der Waals surface area contributed by atoms with E-state index >= 15 is 0 Å². The summed E-state index contributed by atoms with van der Waals surface area (Å²) in [7, 11) is 1.59. The highest BCUT2D eigenvalue weighted by atomic mass is 19.1. The van der Waals surface area contributed by atoms with E-state index in [2.05, 4.69) is 20.4 Å². The molecule has 2 aromatic carbocycles. The summed E-state index contributed by atoms with van der Waals surface area (Å²) in [6, 6.07) is 11.6. The minimum absolute atomic E-state index is 0.0356. The summed E-state index contributed by atoms with van der Waals surface area (Å²) in [5.41, 5.74) is 7.41. The molecular weight excluding hydrogens is 397 g/mol. The van der Waals surface area contributed by atoms with E-state index in [1.54, 1.807) is 25.3 Å². The Kier molecular flexibility index (Phi) is 6.18. The molecule has 0 aromatic heterocycles. The predicted molar refractivity (Wildman–Crippen MR) is 115 cm³/mol. The minimum Gasteiger partial charge on any atom is -0.497 e. The predicted octanol–water partition coefficient (Wildman–Crippen LogP) is 2.64. The molecular formula is C23H26FN5O2. The van der Waals surface area contributed by atoms with Crippen LogP contribution in [0.25, 0.3) is 4.85 Å². The number of likely N-dealkylation sites (tertiary alicyclic amines) is 1. The number of hydrogen-bond acceptors (Lipinski definition) is 5. The van der Waals surface area contributed by atoms with Crippen LogP contribution in [0.3, 0.4) is 0 Å². The number of amides is 1. The van der Waals surface area contributed by atoms with E-state index in [9.17, 15) is 9.18 Å². The lowest BCUT2D eigenvalue weighted by molar-refractivity contribution is -0.129. The summed E-state index contributed by atoms with van der Waals surface area (Å²) in [4.78, 5) is 18.6. The maximum Gasteiger partial charge on any atom is 0.231 e. The van der Waals surface area contributed by atoms with Crippen LogP contribution in [0, 0.1) is 12.4 Å². The van der Waals surface area contributed by atoms with Gasteiger partial charge in [0.2, 0.25) is 11.6 Å². The average Bonchev–Trinajstić information content (AvgIpc) is 2.79. The largest absolute Gasteiger partial charge is 0.497 e. The zero-order valence-corrected chi connectivity index (χ0v) is 17.3. The third-order valence-corrected chi connectivity index (χ3v) is 6.10. The van der Waals surface area contributed by atoms with Crippen molar-refractivity contribution in [3.63, 3.8) is 0 Å². The second kappa shape index (κ2) is 9.02. The van der Waals surface area contributed by atoms with Crippen molar-refractivity contribution in [1.29, 1.82) is 0 Å². The zero-order valence-electron chi connectivity index (χ0n) is 17.3. The van der Waals surface area contributed by atoms with Gasteiger partial charge in [-0.2, -0.15) is 0 Å². The number of benzene rings is 2. The average molecular weight is 423 g/mol. The SMILES string of the molecule is [C-]#[N+]c1ccc(C2NC(N3CCC(N)CC3)NC(=O)C2c2ccc(OC)cc2)cc1F.